The molecule has 0 aliphatic heterocycles. The molecule has 0 aliphatic carbocycles. The third kappa shape index (κ3) is 4.48. The molecule has 2 aromatic carbocycles. The lowest BCUT2D eigenvalue weighted by molar-refractivity contribution is 0.479. The monoisotopic (exact) mass is 348 g/mol. The molecule has 4 heteroatoms. The number of rotatable bonds is 5. The highest BCUT2D eigenvalue weighted by Gasteiger charge is 2.06. The Balaban J connectivity index is 2.18. The van der Waals surface area contributed by atoms with Gasteiger partial charge in [0.2, 0.25) is 0 Å². The van der Waals surface area contributed by atoms with Crippen molar-refractivity contribution >= 4 is 21.6 Å². The Labute approximate surface area is 134 Å². The van der Waals surface area contributed by atoms with E-state index in [1.54, 1.807) is 0 Å². The molecular formula is C17H21BrN2O. The fourth-order valence-electron chi connectivity index (χ4n) is 2.08. The lowest BCUT2D eigenvalue weighted by atomic mass is 10.1. The van der Waals surface area contributed by atoms with Crippen molar-refractivity contribution in [2.45, 2.75) is 19.4 Å². The molecule has 3 nitrogen and oxygen atoms in total. The summed E-state index contributed by atoms with van der Waals surface area (Å²) in [4.78, 5) is 2.05. The summed E-state index contributed by atoms with van der Waals surface area (Å²) in [6, 6.07) is 14.3. The van der Waals surface area contributed by atoms with Crippen molar-refractivity contribution < 1.29 is 4.74 Å². The van der Waals surface area contributed by atoms with E-state index in [-0.39, 0.29) is 6.04 Å². The van der Waals surface area contributed by atoms with Gasteiger partial charge < -0.3 is 15.4 Å². The maximum absolute atomic E-state index is 5.96. The van der Waals surface area contributed by atoms with E-state index in [9.17, 15) is 0 Å². The van der Waals surface area contributed by atoms with Crippen LogP contribution in [0, 0.1) is 0 Å². The average Bonchev–Trinajstić information content (AvgIpc) is 2.41. The van der Waals surface area contributed by atoms with E-state index < -0.39 is 0 Å². The predicted molar refractivity (Wildman–Crippen MR) is 92.3 cm³/mol. The van der Waals surface area contributed by atoms with Crippen LogP contribution in [0.25, 0.3) is 0 Å². The van der Waals surface area contributed by atoms with Gasteiger partial charge in [-0.1, -0.05) is 12.1 Å². The first-order valence-electron chi connectivity index (χ1n) is 6.95. The number of benzene rings is 2. The van der Waals surface area contributed by atoms with Gasteiger partial charge in [-0.25, -0.2) is 0 Å². The van der Waals surface area contributed by atoms with Crippen LogP contribution >= 0.6 is 15.9 Å². The van der Waals surface area contributed by atoms with Crippen LogP contribution in [0.3, 0.4) is 0 Å². The van der Waals surface area contributed by atoms with E-state index in [0.29, 0.717) is 0 Å². The molecule has 0 bridgehead atoms. The summed E-state index contributed by atoms with van der Waals surface area (Å²) < 4.78 is 6.90. The summed E-state index contributed by atoms with van der Waals surface area (Å²) in [6.07, 6.45) is 0.856. The molecule has 0 heterocycles. The van der Waals surface area contributed by atoms with Crippen LogP contribution < -0.4 is 15.4 Å². The third-order valence-corrected chi connectivity index (χ3v) is 3.74. The fourth-order valence-corrected chi connectivity index (χ4v) is 2.59. The van der Waals surface area contributed by atoms with Crippen LogP contribution in [-0.4, -0.2) is 20.1 Å². The van der Waals surface area contributed by atoms with E-state index >= 15 is 0 Å². The molecule has 1 atom stereocenters. The summed E-state index contributed by atoms with van der Waals surface area (Å²) in [5.74, 6) is 1.63. The highest BCUT2D eigenvalue weighted by Crippen LogP contribution is 2.32. The number of nitrogens with two attached hydrogens (primary N) is 1. The predicted octanol–water partition coefficient (Wildman–Crippen LogP) is 4.20. The second-order valence-corrected chi connectivity index (χ2v) is 6.29. The second kappa shape index (κ2) is 6.96. The van der Waals surface area contributed by atoms with Gasteiger partial charge in [0.1, 0.15) is 11.5 Å². The van der Waals surface area contributed by atoms with Crippen LogP contribution in [-0.2, 0) is 6.42 Å². The Morgan fingerprint density at radius 1 is 1.19 bits per heavy atom. The molecular weight excluding hydrogens is 328 g/mol. The topological polar surface area (TPSA) is 38.5 Å². The molecule has 112 valence electrons. The summed E-state index contributed by atoms with van der Waals surface area (Å²) in [6.45, 7) is 2.01. The van der Waals surface area contributed by atoms with Crippen LogP contribution in [0.4, 0.5) is 5.69 Å². The molecule has 0 saturated heterocycles. The van der Waals surface area contributed by atoms with Crippen LogP contribution in [0.5, 0.6) is 11.5 Å². The van der Waals surface area contributed by atoms with Crippen LogP contribution in [0.2, 0.25) is 0 Å². The average molecular weight is 349 g/mol. The Bertz CT molecular complexity index is 611. The first kappa shape index (κ1) is 15.9. The van der Waals surface area contributed by atoms with Gasteiger partial charge in [-0.3, -0.25) is 0 Å². The number of halogens is 1. The third-order valence-electron chi connectivity index (χ3n) is 3.12. The standard InChI is InChI=1S/C17H21BrN2O/c1-12(19)9-13-7-8-17(16(18)10-13)21-15-6-4-5-14(11-15)20(2)3/h4-8,10-12H,9,19H2,1-3H3. The van der Waals surface area contributed by atoms with E-state index in [1.165, 1.54) is 5.56 Å². The number of nitrogens with zero attached hydrogens (tertiary/aromatic N) is 1. The zero-order valence-corrected chi connectivity index (χ0v) is 14.2. The Morgan fingerprint density at radius 3 is 2.57 bits per heavy atom. The van der Waals surface area contributed by atoms with E-state index in [1.807, 2.05) is 56.3 Å². The molecule has 2 aromatic rings. The molecule has 0 amide bonds. The molecule has 0 radical (unpaired) electrons. The number of hydrogen-bond acceptors (Lipinski definition) is 3. The SMILES string of the molecule is CC(N)Cc1ccc(Oc2cccc(N(C)C)c2)c(Br)c1. The van der Waals surface area contributed by atoms with E-state index in [4.69, 9.17) is 10.5 Å². The largest absolute Gasteiger partial charge is 0.456 e. The summed E-state index contributed by atoms with van der Waals surface area (Å²) in [5.41, 5.74) is 8.14. The van der Waals surface area contributed by atoms with Gasteiger partial charge in [0.05, 0.1) is 4.47 Å². The number of anilines is 1. The molecule has 2 rings (SSSR count). The van der Waals surface area contributed by atoms with Gasteiger partial charge in [0, 0.05) is 31.9 Å². The minimum Gasteiger partial charge on any atom is -0.456 e. The normalized spacial score (nSPS) is 12.0. The highest BCUT2D eigenvalue weighted by atomic mass is 79.9. The maximum atomic E-state index is 5.96. The minimum absolute atomic E-state index is 0.153. The molecule has 0 aromatic heterocycles. The quantitative estimate of drug-likeness (QED) is 0.879. The second-order valence-electron chi connectivity index (χ2n) is 5.44. The van der Waals surface area contributed by atoms with Crippen LogP contribution in [0.15, 0.2) is 46.9 Å². The van der Waals surface area contributed by atoms with Crippen LogP contribution in [0.1, 0.15) is 12.5 Å². The van der Waals surface area contributed by atoms with Gasteiger partial charge in [-0.2, -0.15) is 0 Å². The van der Waals surface area contributed by atoms with E-state index in [0.717, 1.165) is 28.1 Å². The van der Waals surface area contributed by atoms with Gasteiger partial charge in [0.25, 0.3) is 0 Å². The van der Waals surface area contributed by atoms with Crippen molar-refractivity contribution in [1.82, 2.24) is 0 Å². The molecule has 1 unspecified atom stereocenters. The molecule has 0 saturated carbocycles. The Kier molecular flexibility index (Phi) is 5.26. The lowest BCUT2D eigenvalue weighted by Gasteiger charge is -2.15. The molecule has 0 spiro atoms. The maximum Gasteiger partial charge on any atom is 0.141 e. The van der Waals surface area contributed by atoms with Crippen molar-refractivity contribution in [3.8, 4) is 11.5 Å². The Morgan fingerprint density at radius 2 is 1.95 bits per heavy atom. The van der Waals surface area contributed by atoms with Crippen molar-refractivity contribution in [3.05, 3.63) is 52.5 Å². The zero-order chi connectivity index (χ0) is 15.4. The first-order valence-corrected chi connectivity index (χ1v) is 7.74. The van der Waals surface area contributed by atoms with Crippen molar-refractivity contribution in [3.63, 3.8) is 0 Å². The summed E-state index contributed by atoms with van der Waals surface area (Å²) in [5, 5.41) is 0. The number of hydrogen-bond donors (Lipinski definition) is 1. The Hall–Kier alpha value is -1.52. The molecule has 21 heavy (non-hydrogen) atoms. The zero-order valence-electron chi connectivity index (χ0n) is 12.6. The van der Waals surface area contributed by atoms with E-state index in [2.05, 4.69) is 28.1 Å². The van der Waals surface area contributed by atoms with Gasteiger partial charge in [-0.05, 0) is 59.1 Å². The lowest BCUT2D eigenvalue weighted by Crippen LogP contribution is -2.17. The van der Waals surface area contributed by atoms with Crippen molar-refractivity contribution in [2.24, 2.45) is 5.73 Å². The van der Waals surface area contributed by atoms with Gasteiger partial charge >= 0.3 is 0 Å². The fraction of sp³-hybridized carbons (Fsp3) is 0.294. The molecule has 2 N–H and O–H groups in total. The van der Waals surface area contributed by atoms with Gasteiger partial charge in [-0.15, -0.1) is 0 Å². The smallest absolute Gasteiger partial charge is 0.141 e. The van der Waals surface area contributed by atoms with Crippen molar-refractivity contribution in [2.75, 3.05) is 19.0 Å². The first-order chi connectivity index (χ1) is 9.95. The number of ether oxygens (including phenoxy) is 1. The van der Waals surface area contributed by atoms with Gasteiger partial charge in [0.15, 0.2) is 0 Å². The summed E-state index contributed by atoms with van der Waals surface area (Å²) in [7, 11) is 4.02. The molecule has 0 aliphatic rings. The molecule has 0 fully saturated rings. The summed E-state index contributed by atoms with van der Waals surface area (Å²) >= 11 is 3.57. The minimum atomic E-state index is 0.153. The van der Waals surface area contributed by atoms with Crippen molar-refractivity contribution in [1.29, 1.82) is 0 Å². The highest BCUT2D eigenvalue weighted by molar-refractivity contribution is 9.10.